The lowest BCUT2D eigenvalue weighted by Crippen LogP contribution is -2.39. The summed E-state index contributed by atoms with van der Waals surface area (Å²) in [5, 5.41) is 14.4. The van der Waals surface area contributed by atoms with Gasteiger partial charge in [0.05, 0.1) is 11.8 Å². The molecular formula is C15H15BrN4O3. The first-order valence-corrected chi connectivity index (χ1v) is 7.76. The second-order valence-electron chi connectivity index (χ2n) is 5.40. The van der Waals surface area contributed by atoms with Crippen LogP contribution in [-0.2, 0) is 14.1 Å². The Kier molecular flexibility index (Phi) is 3.85. The lowest BCUT2D eigenvalue weighted by molar-refractivity contribution is 0.410. The van der Waals surface area contributed by atoms with Gasteiger partial charge in [-0.05, 0) is 17.7 Å². The van der Waals surface area contributed by atoms with Crippen molar-refractivity contribution in [2.75, 3.05) is 0 Å². The van der Waals surface area contributed by atoms with E-state index in [1.165, 1.54) is 14.1 Å². The van der Waals surface area contributed by atoms with Crippen LogP contribution < -0.4 is 16.7 Å². The van der Waals surface area contributed by atoms with Crippen molar-refractivity contribution in [3.63, 3.8) is 0 Å². The summed E-state index contributed by atoms with van der Waals surface area (Å²) in [5.74, 6) is -0.366. The molecule has 0 spiro atoms. The largest absolute Gasteiger partial charge is 0.494 e. The van der Waals surface area contributed by atoms with Crippen molar-refractivity contribution >= 4 is 21.6 Å². The van der Waals surface area contributed by atoms with E-state index < -0.39 is 11.2 Å². The molecule has 1 aliphatic rings. The van der Waals surface area contributed by atoms with Crippen molar-refractivity contribution < 1.29 is 5.11 Å². The molecule has 2 heterocycles. The van der Waals surface area contributed by atoms with Gasteiger partial charge in [-0.1, -0.05) is 28.1 Å². The predicted octanol–water partition coefficient (Wildman–Crippen LogP) is 0.991. The van der Waals surface area contributed by atoms with Crippen LogP contribution in [0.25, 0.3) is 0 Å². The zero-order valence-electron chi connectivity index (χ0n) is 12.6. The number of rotatable bonds is 2. The summed E-state index contributed by atoms with van der Waals surface area (Å²) in [4.78, 5) is 24.1. The quantitative estimate of drug-likeness (QED) is 0.815. The third-order valence-corrected chi connectivity index (χ3v) is 4.48. The summed E-state index contributed by atoms with van der Waals surface area (Å²) in [6.07, 6.45) is 0.447. The molecule has 120 valence electrons. The number of hydrazone groups is 1. The van der Waals surface area contributed by atoms with Gasteiger partial charge in [0.2, 0.25) is 5.88 Å². The highest BCUT2D eigenvalue weighted by atomic mass is 79.9. The Labute approximate surface area is 140 Å². The Bertz CT molecular complexity index is 912. The van der Waals surface area contributed by atoms with Crippen molar-refractivity contribution in [1.29, 1.82) is 0 Å². The number of nitrogens with zero attached hydrogens (tertiary/aromatic N) is 3. The molecule has 1 aromatic heterocycles. The van der Waals surface area contributed by atoms with Gasteiger partial charge in [-0.2, -0.15) is 5.10 Å². The van der Waals surface area contributed by atoms with Crippen LogP contribution in [0.4, 0.5) is 0 Å². The van der Waals surface area contributed by atoms with Crippen LogP contribution in [0.3, 0.4) is 0 Å². The molecule has 2 N–H and O–H groups in total. The van der Waals surface area contributed by atoms with Gasteiger partial charge in [-0.15, -0.1) is 0 Å². The summed E-state index contributed by atoms with van der Waals surface area (Å²) < 4.78 is 2.97. The monoisotopic (exact) mass is 378 g/mol. The van der Waals surface area contributed by atoms with Gasteiger partial charge in [0, 0.05) is 25.0 Å². The third kappa shape index (κ3) is 2.59. The maximum atomic E-state index is 12.3. The molecule has 0 saturated heterocycles. The van der Waals surface area contributed by atoms with Crippen molar-refractivity contribution in [3.8, 4) is 5.88 Å². The summed E-state index contributed by atoms with van der Waals surface area (Å²) in [5.41, 5.74) is 3.36. The molecule has 0 unspecified atom stereocenters. The van der Waals surface area contributed by atoms with Crippen LogP contribution in [0.5, 0.6) is 5.88 Å². The van der Waals surface area contributed by atoms with Gasteiger partial charge in [0.1, 0.15) is 5.56 Å². The second kappa shape index (κ2) is 5.69. The van der Waals surface area contributed by atoms with Crippen LogP contribution in [0.2, 0.25) is 0 Å². The zero-order valence-corrected chi connectivity index (χ0v) is 14.2. The van der Waals surface area contributed by atoms with E-state index in [2.05, 4.69) is 26.5 Å². The van der Waals surface area contributed by atoms with Gasteiger partial charge < -0.3 is 10.5 Å². The number of aromatic nitrogens is 2. The SMILES string of the molecule is Cn1c(O)c(C2=NN[C@H](c3ccc(Br)cc3)C2)c(=O)n(C)c1=O. The first-order valence-electron chi connectivity index (χ1n) is 6.97. The average molecular weight is 379 g/mol. The van der Waals surface area contributed by atoms with Crippen LogP contribution in [0.15, 0.2) is 43.4 Å². The van der Waals surface area contributed by atoms with E-state index >= 15 is 0 Å². The lowest BCUT2D eigenvalue weighted by Gasteiger charge is -2.11. The Balaban J connectivity index is 1.98. The standard InChI is InChI=1S/C15H15BrN4O3/c1-19-13(21)12(14(22)20(2)15(19)23)11-7-10(17-18-11)8-3-5-9(16)6-4-8/h3-6,10,17,21H,7H2,1-2H3/t10-/m0/s1. The minimum Gasteiger partial charge on any atom is -0.494 e. The molecule has 0 fully saturated rings. The highest BCUT2D eigenvalue weighted by Crippen LogP contribution is 2.26. The molecule has 1 atom stereocenters. The molecule has 0 saturated carbocycles. The van der Waals surface area contributed by atoms with E-state index in [0.717, 1.165) is 19.2 Å². The molecule has 1 aliphatic heterocycles. The fourth-order valence-corrected chi connectivity index (χ4v) is 2.84. The number of aromatic hydroxyl groups is 1. The van der Waals surface area contributed by atoms with E-state index in [9.17, 15) is 14.7 Å². The first kappa shape index (κ1) is 15.5. The first-order chi connectivity index (χ1) is 10.9. The van der Waals surface area contributed by atoms with Gasteiger partial charge in [-0.3, -0.25) is 13.9 Å². The molecule has 0 radical (unpaired) electrons. The molecule has 23 heavy (non-hydrogen) atoms. The molecule has 0 aliphatic carbocycles. The van der Waals surface area contributed by atoms with Crippen LogP contribution in [0, 0.1) is 0 Å². The van der Waals surface area contributed by atoms with Crippen molar-refractivity contribution in [2.24, 2.45) is 19.2 Å². The summed E-state index contributed by atoms with van der Waals surface area (Å²) in [6, 6.07) is 7.69. The van der Waals surface area contributed by atoms with Gasteiger partial charge in [-0.25, -0.2) is 4.79 Å². The Morgan fingerprint density at radius 2 is 1.87 bits per heavy atom. The molecule has 2 aromatic rings. The highest BCUT2D eigenvalue weighted by molar-refractivity contribution is 9.10. The zero-order chi connectivity index (χ0) is 16.7. The molecule has 7 nitrogen and oxygen atoms in total. The predicted molar refractivity (Wildman–Crippen MR) is 89.8 cm³/mol. The number of nitrogens with one attached hydrogen (secondary N) is 1. The molecule has 8 heteroatoms. The normalized spacial score (nSPS) is 17.0. The van der Waals surface area contributed by atoms with Crippen LogP contribution in [0.1, 0.15) is 23.6 Å². The Hall–Kier alpha value is -2.35. The maximum absolute atomic E-state index is 12.3. The van der Waals surface area contributed by atoms with Crippen molar-refractivity contribution in [2.45, 2.75) is 12.5 Å². The van der Waals surface area contributed by atoms with Gasteiger partial charge in [0.25, 0.3) is 5.56 Å². The number of hydrogen-bond donors (Lipinski definition) is 2. The summed E-state index contributed by atoms with van der Waals surface area (Å²) in [7, 11) is 2.79. The van der Waals surface area contributed by atoms with Gasteiger partial charge in [0.15, 0.2) is 0 Å². The maximum Gasteiger partial charge on any atom is 0.333 e. The van der Waals surface area contributed by atoms with E-state index in [1.807, 2.05) is 24.3 Å². The Morgan fingerprint density at radius 3 is 2.52 bits per heavy atom. The van der Waals surface area contributed by atoms with E-state index in [0.29, 0.717) is 12.1 Å². The molecule has 0 amide bonds. The number of benzene rings is 1. The lowest BCUT2D eigenvalue weighted by atomic mass is 10.00. The topological polar surface area (TPSA) is 88.6 Å². The minimum absolute atomic E-state index is 0.0571. The average Bonchev–Trinajstić information content (AvgIpc) is 3.01. The van der Waals surface area contributed by atoms with Crippen LogP contribution in [-0.4, -0.2) is 20.0 Å². The summed E-state index contributed by atoms with van der Waals surface area (Å²) in [6.45, 7) is 0. The number of halogens is 1. The van der Waals surface area contributed by atoms with E-state index in [1.54, 1.807) is 0 Å². The smallest absolute Gasteiger partial charge is 0.333 e. The van der Waals surface area contributed by atoms with Crippen molar-refractivity contribution in [1.82, 2.24) is 14.6 Å². The highest BCUT2D eigenvalue weighted by Gasteiger charge is 2.27. The fraction of sp³-hybridized carbons (Fsp3) is 0.267. The van der Waals surface area contributed by atoms with Gasteiger partial charge >= 0.3 is 5.69 Å². The molecule has 1 aromatic carbocycles. The Morgan fingerprint density at radius 1 is 1.22 bits per heavy atom. The third-order valence-electron chi connectivity index (χ3n) is 3.95. The van der Waals surface area contributed by atoms with Crippen LogP contribution >= 0.6 is 15.9 Å². The fourth-order valence-electron chi connectivity index (χ4n) is 2.57. The molecule has 3 rings (SSSR count). The second-order valence-corrected chi connectivity index (χ2v) is 6.32. The molecule has 0 bridgehead atoms. The summed E-state index contributed by atoms with van der Waals surface area (Å²) >= 11 is 3.39. The van der Waals surface area contributed by atoms with E-state index in [-0.39, 0.29) is 17.5 Å². The number of hydrogen-bond acceptors (Lipinski definition) is 5. The minimum atomic E-state index is -0.577. The van der Waals surface area contributed by atoms with E-state index in [4.69, 9.17) is 0 Å². The molecular weight excluding hydrogens is 364 g/mol. The van der Waals surface area contributed by atoms with Crippen molar-refractivity contribution in [3.05, 3.63) is 60.7 Å².